The van der Waals surface area contributed by atoms with Crippen LogP contribution >= 0.6 is 0 Å². The Morgan fingerprint density at radius 1 is 1.33 bits per heavy atom. The SMILES string of the molecule is CNCCN(CC(=O)N1CCCC1)CC(F)(F)F. The molecule has 18 heavy (non-hydrogen) atoms. The van der Waals surface area contributed by atoms with E-state index < -0.39 is 12.7 Å². The smallest absolute Gasteiger partial charge is 0.342 e. The van der Waals surface area contributed by atoms with Crippen LogP contribution in [0.25, 0.3) is 0 Å². The summed E-state index contributed by atoms with van der Waals surface area (Å²) in [6.07, 6.45) is -2.37. The zero-order chi connectivity index (χ0) is 13.6. The molecule has 4 nitrogen and oxygen atoms in total. The van der Waals surface area contributed by atoms with E-state index in [9.17, 15) is 18.0 Å². The molecule has 0 spiro atoms. The summed E-state index contributed by atoms with van der Waals surface area (Å²) in [5.74, 6) is -0.201. The summed E-state index contributed by atoms with van der Waals surface area (Å²) in [5.41, 5.74) is 0. The van der Waals surface area contributed by atoms with Crippen LogP contribution < -0.4 is 5.32 Å². The number of nitrogens with one attached hydrogen (secondary N) is 1. The first-order chi connectivity index (χ1) is 8.42. The molecule has 1 aliphatic rings. The summed E-state index contributed by atoms with van der Waals surface area (Å²) < 4.78 is 37.1. The van der Waals surface area contributed by atoms with Gasteiger partial charge in [0.05, 0.1) is 13.1 Å². The first-order valence-corrected chi connectivity index (χ1v) is 6.14. The fraction of sp³-hybridized carbons (Fsp3) is 0.909. The molecule has 1 heterocycles. The maximum atomic E-state index is 12.4. The van der Waals surface area contributed by atoms with Gasteiger partial charge in [-0.15, -0.1) is 0 Å². The van der Waals surface area contributed by atoms with E-state index in [-0.39, 0.29) is 19.0 Å². The highest BCUT2D eigenvalue weighted by molar-refractivity contribution is 5.78. The molecule has 0 radical (unpaired) electrons. The predicted molar refractivity (Wildman–Crippen MR) is 62.2 cm³/mol. The molecule has 0 aliphatic carbocycles. The van der Waals surface area contributed by atoms with Gasteiger partial charge in [-0.05, 0) is 19.9 Å². The van der Waals surface area contributed by atoms with Gasteiger partial charge in [-0.25, -0.2) is 0 Å². The van der Waals surface area contributed by atoms with E-state index in [1.807, 2.05) is 0 Å². The molecule has 0 atom stereocenters. The predicted octanol–water partition coefficient (Wildman–Crippen LogP) is 0.692. The lowest BCUT2D eigenvalue weighted by Gasteiger charge is -2.25. The van der Waals surface area contributed by atoms with Crippen molar-refractivity contribution < 1.29 is 18.0 Å². The normalized spacial score (nSPS) is 16.6. The molecule has 0 unspecified atom stereocenters. The summed E-state index contributed by atoms with van der Waals surface area (Å²) in [7, 11) is 1.67. The van der Waals surface area contributed by atoms with Crippen molar-refractivity contribution >= 4 is 5.91 Å². The Morgan fingerprint density at radius 3 is 2.44 bits per heavy atom. The van der Waals surface area contributed by atoms with E-state index in [0.29, 0.717) is 19.6 Å². The second kappa shape index (κ2) is 6.94. The second-order valence-electron chi connectivity index (χ2n) is 4.52. The molecule has 1 N–H and O–H groups in total. The third-order valence-corrected chi connectivity index (χ3v) is 2.90. The molecule has 1 saturated heterocycles. The lowest BCUT2D eigenvalue weighted by molar-refractivity contribution is -0.151. The third kappa shape index (κ3) is 5.68. The number of alkyl halides is 3. The fourth-order valence-corrected chi connectivity index (χ4v) is 2.00. The van der Waals surface area contributed by atoms with Crippen LogP contribution in [-0.4, -0.2) is 68.2 Å². The minimum Gasteiger partial charge on any atom is -0.342 e. The van der Waals surface area contributed by atoms with E-state index in [1.54, 1.807) is 11.9 Å². The van der Waals surface area contributed by atoms with Crippen molar-refractivity contribution in [1.29, 1.82) is 0 Å². The second-order valence-corrected chi connectivity index (χ2v) is 4.52. The van der Waals surface area contributed by atoms with Gasteiger partial charge in [0, 0.05) is 26.2 Å². The van der Waals surface area contributed by atoms with Crippen LogP contribution in [0.4, 0.5) is 13.2 Å². The van der Waals surface area contributed by atoms with Gasteiger partial charge in [0.1, 0.15) is 0 Å². The van der Waals surface area contributed by atoms with Gasteiger partial charge < -0.3 is 10.2 Å². The average Bonchev–Trinajstić information content (AvgIpc) is 2.77. The summed E-state index contributed by atoms with van der Waals surface area (Å²) in [6.45, 7) is 0.809. The Morgan fingerprint density at radius 2 is 1.94 bits per heavy atom. The molecule has 7 heteroatoms. The number of nitrogens with zero attached hydrogens (tertiary/aromatic N) is 2. The molecule has 1 amide bonds. The van der Waals surface area contributed by atoms with Crippen LogP contribution in [0, 0.1) is 0 Å². The van der Waals surface area contributed by atoms with Gasteiger partial charge >= 0.3 is 6.18 Å². The monoisotopic (exact) mass is 267 g/mol. The van der Waals surface area contributed by atoms with Gasteiger partial charge in [0.25, 0.3) is 0 Å². The van der Waals surface area contributed by atoms with Gasteiger partial charge in [-0.1, -0.05) is 0 Å². The quantitative estimate of drug-likeness (QED) is 0.769. The van der Waals surface area contributed by atoms with Crippen LogP contribution in [0.1, 0.15) is 12.8 Å². The van der Waals surface area contributed by atoms with Crippen LogP contribution in [0.2, 0.25) is 0 Å². The van der Waals surface area contributed by atoms with Crippen molar-refractivity contribution in [2.45, 2.75) is 19.0 Å². The van der Waals surface area contributed by atoms with Crippen LogP contribution in [0.15, 0.2) is 0 Å². The van der Waals surface area contributed by atoms with E-state index in [1.165, 1.54) is 0 Å². The molecular formula is C11H20F3N3O. The van der Waals surface area contributed by atoms with Crippen LogP contribution in [0.3, 0.4) is 0 Å². The maximum absolute atomic E-state index is 12.4. The minimum absolute atomic E-state index is 0.152. The number of hydrogen-bond acceptors (Lipinski definition) is 3. The maximum Gasteiger partial charge on any atom is 0.401 e. The van der Waals surface area contributed by atoms with Crippen molar-refractivity contribution in [3.8, 4) is 0 Å². The van der Waals surface area contributed by atoms with Crippen molar-refractivity contribution in [2.24, 2.45) is 0 Å². The first-order valence-electron chi connectivity index (χ1n) is 6.14. The summed E-state index contributed by atoms with van der Waals surface area (Å²) in [5, 5.41) is 2.79. The largest absolute Gasteiger partial charge is 0.401 e. The molecule has 1 rings (SSSR count). The Kier molecular flexibility index (Phi) is 5.87. The number of likely N-dealkylation sites (N-methyl/N-ethyl adjacent to an activating group) is 1. The standard InChI is InChI=1S/C11H20F3N3O/c1-15-4-7-16(9-11(12,13)14)8-10(18)17-5-2-3-6-17/h15H,2-9H2,1H3. The average molecular weight is 267 g/mol. The number of carbonyl (C=O) groups is 1. The molecular weight excluding hydrogens is 247 g/mol. The summed E-state index contributed by atoms with van der Waals surface area (Å²) in [4.78, 5) is 14.6. The molecule has 1 aliphatic heterocycles. The molecule has 1 fully saturated rings. The Hall–Kier alpha value is -0.820. The lowest BCUT2D eigenvalue weighted by Crippen LogP contribution is -2.44. The van der Waals surface area contributed by atoms with E-state index in [0.717, 1.165) is 17.7 Å². The van der Waals surface area contributed by atoms with E-state index in [2.05, 4.69) is 5.32 Å². The van der Waals surface area contributed by atoms with Crippen molar-refractivity contribution in [1.82, 2.24) is 15.1 Å². The Balaban J connectivity index is 2.45. The zero-order valence-corrected chi connectivity index (χ0v) is 10.6. The molecule has 0 aromatic carbocycles. The minimum atomic E-state index is -4.26. The summed E-state index contributed by atoms with van der Waals surface area (Å²) in [6, 6.07) is 0. The number of rotatable bonds is 6. The highest BCUT2D eigenvalue weighted by Gasteiger charge is 2.32. The van der Waals surface area contributed by atoms with Gasteiger partial charge in [0.15, 0.2) is 0 Å². The van der Waals surface area contributed by atoms with Crippen molar-refractivity contribution in [2.75, 3.05) is 46.3 Å². The molecule has 0 aromatic heterocycles. The van der Waals surface area contributed by atoms with E-state index >= 15 is 0 Å². The number of hydrogen-bond donors (Lipinski definition) is 1. The number of likely N-dealkylation sites (tertiary alicyclic amines) is 1. The topological polar surface area (TPSA) is 35.6 Å². The molecule has 0 bridgehead atoms. The lowest BCUT2D eigenvalue weighted by atomic mass is 10.4. The van der Waals surface area contributed by atoms with Crippen molar-refractivity contribution in [3.05, 3.63) is 0 Å². The Bertz CT molecular complexity index is 265. The van der Waals surface area contributed by atoms with Crippen molar-refractivity contribution in [3.63, 3.8) is 0 Å². The summed E-state index contributed by atoms with van der Waals surface area (Å²) >= 11 is 0. The first kappa shape index (κ1) is 15.2. The molecule has 0 aromatic rings. The third-order valence-electron chi connectivity index (χ3n) is 2.90. The number of halogens is 3. The number of carbonyl (C=O) groups excluding carboxylic acids is 1. The number of amides is 1. The van der Waals surface area contributed by atoms with Gasteiger partial charge in [-0.3, -0.25) is 9.69 Å². The molecule has 106 valence electrons. The van der Waals surface area contributed by atoms with Crippen LogP contribution in [0.5, 0.6) is 0 Å². The molecule has 0 saturated carbocycles. The van der Waals surface area contributed by atoms with Gasteiger partial charge in [0.2, 0.25) is 5.91 Å². The fourth-order valence-electron chi connectivity index (χ4n) is 2.00. The highest BCUT2D eigenvalue weighted by atomic mass is 19.4. The Labute approximate surface area is 105 Å². The van der Waals surface area contributed by atoms with E-state index in [4.69, 9.17) is 0 Å². The van der Waals surface area contributed by atoms with Crippen LogP contribution in [-0.2, 0) is 4.79 Å². The van der Waals surface area contributed by atoms with Gasteiger partial charge in [-0.2, -0.15) is 13.2 Å². The zero-order valence-electron chi connectivity index (χ0n) is 10.6. The highest BCUT2D eigenvalue weighted by Crippen LogP contribution is 2.16.